The highest BCUT2D eigenvalue weighted by Gasteiger charge is 2.13. The first-order valence-corrected chi connectivity index (χ1v) is 7.75. The molecule has 0 aromatic carbocycles. The molecule has 2 aromatic heterocycles. The molecule has 26 heavy (non-hydrogen) atoms. The Balaban J connectivity index is 0.00000312. The Hall–Kier alpha value is -2.18. The van der Waals surface area contributed by atoms with Crippen LogP contribution in [0.15, 0.2) is 49.1 Å². The zero-order chi connectivity index (χ0) is 17.7. The van der Waals surface area contributed by atoms with Crippen LogP contribution in [0.3, 0.4) is 0 Å². The molecule has 142 valence electrons. The molecule has 2 amide bonds. The Morgan fingerprint density at radius 1 is 0.692 bits per heavy atom. The third-order valence-corrected chi connectivity index (χ3v) is 3.75. The molecule has 0 aliphatic carbocycles. The summed E-state index contributed by atoms with van der Waals surface area (Å²) in [5, 5.41) is 0. The van der Waals surface area contributed by atoms with Crippen molar-refractivity contribution in [1.82, 2.24) is 9.80 Å². The smallest absolute Gasteiger partial charge is 0.288 e. The van der Waals surface area contributed by atoms with Gasteiger partial charge < -0.3 is 34.6 Å². The molecule has 0 aliphatic rings. The number of nitrogens with zero attached hydrogens (tertiary/aromatic N) is 4. The summed E-state index contributed by atoms with van der Waals surface area (Å²) < 4.78 is 3.70. The summed E-state index contributed by atoms with van der Waals surface area (Å²) in [7, 11) is 6.99. The Morgan fingerprint density at radius 2 is 0.962 bits per heavy atom. The van der Waals surface area contributed by atoms with Crippen molar-refractivity contribution in [2.75, 3.05) is 28.2 Å². The molecule has 2 heterocycles. The van der Waals surface area contributed by atoms with Gasteiger partial charge in [-0.25, -0.2) is 0 Å². The Morgan fingerprint density at radius 3 is 1.19 bits per heavy atom. The molecular weight excluding hydrogens is 375 g/mol. The monoisotopic (exact) mass is 398 g/mol. The van der Waals surface area contributed by atoms with Gasteiger partial charge in [0.25, 0.3) is 11.8 Å². The fourth-order valence-electron chi connectivity index (χ4n) is 2.11. The summed E-state index contributed by atoms with van der Waals surface area (Å²) in [6.07, 6.45) is 7.58. The van der Waals surface area contributed by atoms with Gasteiger partial charge in [-0.3, -0.25) is 9.59 Å². The summed E-state index contributed by atoms with van der Waals surface area (Å²) in [6.45, 7) is 0.656. The second kappa shape index (κ2) is 10.7. The average Bonchev–Trinajstić information content (AvgIpc) is 2.56. The van der Waals surface area contributed by atoms with Crippen molar-refractivity contribution in [3.05, 3.63) is 49.1 Å². The molecule has 0 atom stereocenters. The molecule has 0 fully saturated rings. The van der Waals surface area contributed by atoms with Gasteiger partial charge in [0, 0.05) is 52.5 Å². The van der Waals surface area contributed by atoms with E-state index in [4.69, 9.17) is 0 Å². The van der Waals surface area contributed by atoms with E-state index in [0.29, 0.717) is 13.1 Å². The van der Waals surface area contributed by atoms with E-state index in [1.54, 1.807) is 38.0 Å². The number of carbonyl (C=O) groups is 2. The fraction of sp³-hybridized carbons (Fsp3) is 0.333. The molecule has 0 radical (unpaired) electrons. The molecule has 0 aliphatic heterocycles. The maximum atomic E-state index is 11.7. The van der Waals surface area contributed by atoms with Gasteiger partial charge >= 0.3 is 0 Å². The third kappa shape index (κ3) is 6.61. The standard InChI is InChI=1S/C18H24N4O2.2ClH/c1-19(2)17(23)13-21-9-5-15(6-10-21)16-7-11-22(12-8-16)14-18(24)20(3)4;;/h5-12H,13-14H2,1-4H3;2*1H/q+2;;/p-2. The molecule has 0 bridgehead atoms. The minimum Gasteiger partial charge on any atom is -1.00 e. The molecule has 2 aromatic rings. The SMILES string of the molecule is CN(C)C(=O)C[n+]1ccc(-c2cc[n+](CC(=O)N(C)C)cc2)cc1.[Cl-].[Cl-]. The van der Waals surface area contributed by atoms with Crippen LogP contribution in [-0.2, 0) is 22.7 Å². The maximum absolute atomic E-state index is 11.7. The zero-order valence-corrected chi connectivity index (χ0v) is 16.9. The lowest BCUT2D eigenvalue weighted by Crippen LogP contribution is -3.00. The first-order valence-electron chi connectivity index (χ1n) is 7.75. The average molecular weight is 399 g/mol. The number of likely N-dealkylation sites (N-methyl/N-ethyl adjacent to an activating group) is 2. The number of aromatic nitrogens is 2. The molecule has 2 rings (SSSR count). The van der Waals surface area contributed by atoms with Gasteiger partial charge in [-0.15, -0.1) is 0 Å². The van der Waals surface area contributed by atoms with E-state index in [1.807, 2.05) is 58.2 Å². The highest BCUT2D eigenvalue weighted by Crippen LogP contribution is 2.15. The molecule has 0 spiro atoms. The van der Waals surface area contributed by atoms with Gasteiger partial charge in [-0.05, 0) is 11.1 Å². The van der Waals surface area contributed by atoms with Crippen molar-refractivity contribution in [3.8, 4) is 11.1 Å². The maximum Gasteiger partial charge on any atom is 0.288 e. The van der Waals surface area contributed by atoms with Gasteiger partial charge in [0.2, 0.25) is 13.1 Å². The molecule has 0 saturated heterocycles. The van der Waals surface area contributed by atoms with Crippen LogP contribution >= 0.6 is 0 Å². The van der Waals surface area contributed by atoms with Crippen LogP contribution < -0.4 is 33.9 Å². The topological polar surface area (TPSA) is 48.4 Å². The lowest BCUT2D eigenvalue weighted by Gasteiger charge is -2.07. The number of carbonyl (C=O) groups excluding carboxylic acids is 2. The molecule has 6 nitrogen and oxygen atoms in total. The summed E-state index contributed by atoms with van der Waals surface area (Å²) in [6, 6.07) is 7.92. The quantitative estimate of drug-likeness (QED) is 0.471. The summed E-state index contributed by atoms with van der Waals surface area (Å²) in [5.74, 6) is 0.109. The second-order valence-corrected chi connectivity index (χ2v) is 6.09. The number of rotatable bonds is 5. The molecule has 0 saturated carbocycles. The largest absolute Gasteiger partial charge is 1.00 e. The van der Waals surface area contributed by atoms with Gasteiger partial charge in [-0.2, -0.15) is 9.13 Å². The van der Waals surface area contributed by atoms with Gasteiger partial charge in [0.1, 0.15) is 0 Å². The van der Waals surface area contributed by atoms with Crippen LogP contribution in [0.5, 0.6) is 0 Å². The van der Waals surface area contributed by atoms with E-state index in [2.05, 4.69) is 0 Å². The summed E-state index contributed by atoms with van der Waals surface area (Å²) >= 11 is 0. The molecule has 8 heteroatoms. The third-order valence-electron chi connectivity index (χ3n) is 3.75. The van der Waals surface area contributed by atoms with Crippen LogP contribution in [0, 0.1) is 0 Å². The van der Waals surface area contributed by atoms with Crippen molar-refractivity contribution < 1.29 is 43.5 Å². The number of amides is 2. The van der Waals surface area contributed by atoms with Gasteiger partial charge in [0.15, 0.2) is 24.8 Å². The summed E-state index contributed by atoms with van der Waals surface area (Å²) in [4.78, 5) is 26.6. The predicted octanol–water partition coefficient (Wildman–Crippen LogP) is -5.89. The van der Waals surface area contributed by atoms with Gasteiger partial charge in [-0.1, -0.05) is 0 Å². The number of hydrogen-bond donors (Lipinski definition) is 0. The number of pyridine rings is 2. The molecule has 0 unspecified atom stereocenters. The van der Waals surface area contributed by atoms with Crippen LogP contribution in [0.25, 0.3) is 11.1 Å². The minimum atomic E-state index is 0. The summed E-state index contributed by atoms with van der Waals surface area (Å²) in [5.41, 5.74) is 2.13. The van der Waals surface area contributed by atoms with Crippen molar-refractivity contribution in [2.45, 2.75) is 13.1 Å². The highest BCUT2D eigenvalue weighted by molar-refractivity contribution is 5.74. The first kappa shape index (κ1) is 23.8. The minimum absolute atomic E-state index is 0. The van der Waals surface area contributed by atoms with E-state index in [1.165, 1.54) is 0 Å². The van der Waals surface area contributed by atoms with E-state index in [9.17, 15) is 9.59 Å². The van der Waals surface area contributed by atoms with Crippen LogP contribution in [-0.4, -0.2) is 49.8 Å². The fourth-order valence-corrected chi connectivity index (χ4v) is 2.11. The van der Waals surface area contributed by atoms with Crippen molar-refractivity contribution in [3.63, 3.8) is 0 Å². The number of halogens is 2. The lowest BCUT2D eigenvalue weighted by atomic mass is 10.1. The normalized spacial score (nSPS) is 9.54. The Labute approximate surface area is 166 Å². The van der Waals surface area contributed by atoms with E-state index in [0.717, 1.165) is 11.1 Å². The van der Waals surface area contributed by atoms with Crippen LogP contribution in [0.2, 0.25) is 0 Å². The van der Waals surface area contributed by atoms with E-state index in [-0.39, 0.29) is 36.6 Å². The van der Waals surface area contributed by atoms with Gasteiger partial charge in [0.05, 0.1) is 0 Å². The van der Waals surface area contributed by atoms with E-state index >= 15 is 0 Å². The Kier molecular flexibility index (Phi) is 9.83. The molecule has 0 N–H and O–H groups in total. The Bertz CT molecular complexity index is 653. The second-order valence-electron chi connectivity index (χ2n) is 6.09. The lowest BCUT2D eigenvalue weighted by molar-refractivity contribution is -0.685. The highest BCUT2D eigenvalue weighted by atomic mass is 35.5. The first-order chi connectivity index (χ1) is 11.4. The van der Waals surface area contributed by atoms with Crippen molar-refractivity contribution in [1.29, 1.82) is 0 Å². The van der Waals surface area contributed by atoms with Crippen LogP contribution in [0.4, 0.5) is 0 Å². The van der Waals surface area contributed by atoms with Crippen molar-refractivity contribution in [2.24, 2.45) is 0 Å². The molecular formula is C18H24Cl2N4O2. The van der Waals surface area contributed by atoms with Crippen molar-refractivity contribution >= 4 is 11.8 Å². The van der Waals surface area contributed by atoms with Crippen LogP contribution in [0.1, 0.15) is 0 Å². The zero-order valence-electron chi connectivity index (χ0n) is 15.4. The van der Waals surface area contributed by atoms with E-state index < -0.39 is 0 Å². The number of hydrogen-bond acceptors (Lipinski definition) is 2. The predicted molar refractivity (Wildman–Crippen MR) is 89.7 cm³/mol.